The molecule has 6 nitrogen and oxygen atoms in total. The van der Waals surface area contributed by atoms with E-state index in [0.29, 0.717) is 36.5 Å². The summed E-state index contributed by atoms with van der Waals surface area (Å²) in [4.78, 5) is 6.93. The van der Waals surface area contributed by atoms with E-state index in [9.17, 15) is 0 Å². The van der Waals surface area contributed by atoms with Crippen LogP contribution in [0.1, 0.15) is 45.2 Å². The standard InChI is InChI=1S/C38H42Cl4N4O2S2/c1-45-21-33(31-17-27(39)19-37(41)35(31)23-45)25-3-7-29(8-4-25)49-43-11-13-47-15-16-48-14-12-44-50-30-9-5-26(6-10-30)34-22-46(2)24-36-32(34)18-28(40)20-38(36)42/h3-10,17-20,33-34,43-44H,11-16,21-24H2,1-2H3. The van der Waals surface area contributed by atoms with E-state index in [1.165, 1.54) is 33.4 Å². The predicted octanol–water partition coefficient (Wildman–Crippen LogP) is 9.38. The highest BCUT2D eigenvalue weighted by Gasteiger charge is 2.28. The first-order chi connectivity index (χ1) is 24.2. The van der Waals surface area contributed by atoms with Gasteiger partial charge in [0.2, 0.25) is 0 Å². The molecule has 2 atom stereocenters. The summed E-state index contributed by atoms with van der Waals surface area (Å²) in [6.45, 7) is 7.40. The number of likely N-dealkylation sites (N-methyl/N-ethyl adjacent to an activating group) is 2. The number of fused-ring (bicyclic) bond motifs is 2. The lowest BCUT2D eigenvalue weighted by atomic mass is 9.85. The molecule has 4 aromatic rings. The van der Waals surface area contributed by atoms with Gasteiger partial charge in [-0.3, -0.25) is 9.44 Å². The van der Waals surface area contributed by atoms with Crippen molar-refractivity contribution < 1.29 is 9.47 Å². The number of nitrogens with zero attached hydrogens (tertiary/aromatic N) is 2. The topological polar surface area (TPSA) is 49.0 Å². The molecule has 0 saturated carbocycles. The van der Waals surface area contributed by atoms with Crippen LogP contribution in [0, 0.1) is 0 Å². The molecule has 6 rings (SSSR count). The van der Waals surface area contributed by atoms with Crippen molar-refractivity contribution >= 4 is 70.3 Å². The summed E-state index contributed by atoms with van der Waals surface area (Å²) in [5.41, 5.74) is 7.32. The molecule has 2 aliphatic heterocycles. The summed E-state index contributed by atoms with van der Waals surface area (Å²) in [5.74, 6) is 0.482. The van der Waals surface area contributed by atoms with Crippen LogP contribution >= 0.6 is 70.3 Å². The van der Waals surface area contributed by atoms with Crippen molar-refractivity contribution in [2.45, 2.75) is 34.7 Å². The van der Waals surface area contributed by atoms with Crippen LogP contribution in [0.3, 0.4) is 0 Å². The lowest BCUT2D eigenvalue weighted by Crippen LogP contribution is -2.31. The number of hydrogen-bond donors (Lipinski definition) is 2. The fraction of sp³-hybridized carbons (Fsp3) is 0.368. The first-order valence-electron chi connectivity index (χ1n) is 16.7. The van der Waals surface area contributed by atoms with Crippen LogP contribution < -0.4 is 9.44 Å². The third kappa shape index (κ3) is 10.1. The second-order valence-corrected chi connectivity index (χ2v) is 16.4. The molecule has 0 aromatic heterocycles. The highest BCUT2D eigenvalue weighted by Crippen LogP contribution is 2.40. The molecule has 0 aliphatic carbocycles. The number of ether oxygens (including phenoxy) is 2. The highest BCUT2D eigenvalue weighted by atomic mass is 35.5. The Balaban J connectivity index is 0.822. The fourth-order valence-electron chi connectivity index (χ4n) is 6.62. The molecule has 2 N–H and O–H groups in total. The second kappa shape index (κ2) is 18.5. The highest BCUT2D eigenvalue weighted by molar-refractivity contribution is 7.97. The Morgan fingerprint density at radius 3 is 1.40 bits per heavy atom. The van der Waals surface area contributed by atoms with Gasteiger partial charge in [0.1, 0.15) is 0 Å². The first kappa shape index (κ1) is 38.2. The molecule has 0 amide bonds. The number of halogens is 4. The van der Waals surface area contributed by atoms with Gasteiger partial charge in [-0.25, -0.2) is 0 Å². The molecule has 2 unspecified atom stereocenters. The van der Waals surface area contributed by atoms with E-state index >= 15 is 0 Å². The summed E-state index contributed by atoms with van der Waals surface area (Å²) < 4.78 is 18.3. The minimum absolute atomic E-state index is 0.241. The minimum atomic E-state index is 0.241. The molecule has 50 heavy (non-hydrogen) atoms. The zero-order valence-electron chi connectivity index (χ0n) is 28.2. The molecule has 0 fully saturated rings. The maximum absolute atomic E-state index is 6.54. The average molecular weight is 793 g/mol. The van der Waals surface area contributed by atoms with Crippen molar-refractivity contribution in [1.29, 1.82) is 0 Å². The minimum Gasteiger partial charge on any atom is -0.378 e. The SMILES string of the molecule is CN1Cc2c(Cl)cc(Cl)cc2C(c2ccc(SNCCOCCOCCNSc3ccc(C4CN(C)Cc5c(Cl)cc(Cl)cc54)cc3)cc2)C1. The van der Waals surface area contributed by atoms with Crippen molar-refractivity contribution in [2.24, 2.45) is 0 Å². The van der Waals surface area contributed by atoms with Gasteiger partial charge in [-0.15, -0.1) is 0 Å². The van der Waals surface area contributed by atoms with Crippen LogP contribution in [0.25, 0.3) is 0 Å². The molecule has 2 aliphatic rings. The Kier molecular flexibility index (Phi) is 14.1. The van der Waals surface area contributed by atoms with Crippen molar-refractivity contribution in [3.8, 4) is 0 Å². The van der Waals surface area contributed by atoms with Gasteiger partial charge in [0.15, 0.2) is 0 Å². The van der Waals surface area contributed by atoms with E-state index in [1.54, 1.807) is 23.9 Å². The molecule has 0 bridgehead atoms. The maximum Gasteiger partial charge on any atom is 0.0701 e. The number of rotatable bonds is 15. The van der Waals surface area contributed by atoms with Crippen LogP contribution in [-0.2, 0) is 22.6 Å². The number of benzene rings is 4. The molecule has 266 valence electrons. The van der Waals surface area contributed by atoms with Gasteiger partial charge in [-0.2, -0.15) is 0 Å². The second-order valence-electron chi connectivity index (χ2n) is 12.8. The predicted molar refractivity (Wildman–Crippen MR) is 212 cm³/mol. The molecular weight excluding hydrogens is 750 g/mol. The van der Waals surface area contributed by atoms with E-state index in [2.05, 4.69) is 94.0 Å². The van der Waals surface area contributed by atoms with E-state index in [4.69, 9.17) is 55.9 Å². The molecular formula is C38H42Cl4N4O2S2. The van der Waals surface area contributed by atoms with E-state index < -0.39 is 0 Å². The van der Waals surface area contributed by atoms with Crippen LogP contribution in [0.4, 0.5) is 0 Å². The largest absolute Gasteiger partial charge is 0.378 e. The third-order valence-corrected chi connectivity index (χ3v) is 11.8. The van der Waals surface area contributed by atoms with Crippen LogP contribution in [0.2, 0.25) is 20.1 Å². The summed E-state index contributed by atoms with van der Waals surface area (Å²) >= 11 is 29.0. The Hall–Kier alpha value is -1.50. The van der Waals surface area contributed by atoms with Gasteiger partial charge in [0.05, 0.1) is 26.4 Å². The van der Waals surface area contributed by atoms with Gasteiger partial charge < -0.3 is 19.3 Å². The van der Waals surface area contributed by atoms with E-state index in [1.807, 2.05) is 12.1 Å². The van der Waals surface area contributed by atoms with Crippen LogP contribution in [-0.4, -0.2) is 76.5 Å². The van der Waals surface area contributed by atoms with Gasteiger partial charge in [0.25, 0.3) is 0 Å². The van der Waals surface area contributed by atoms with Gasteiger partial charge in [-0.05, 0) is 120 Å². The fourth-order valence-corrected chi connectivity index (χ4v) is 9.00. The summed E-state index contributed by atoms with van der Waals surface area (Å²) in [6, 6.07) is 25.3. The average Bonchev–Trinajstić information content (AvgIpc) is 3.09. The Morgan fingerprint density at radius 2 is 1.00 bits per heavy atom. The van der Waals surface area contributed by atoms with Gasteiger partial charge in [0, 0.05) is 81.0 Å². The van der Waals surface area contributed by atoms with Crippen LogP contribution in [0.15, 0.2) is 82.6 Å². The van der Waals surface area contributed by atoms with E-state index in [0.717, 1.165) is 59.1 Å². The van der Waals surface area contributed by atoms with Gasteiger partial charge in [-0.1, -0.05) is 70.7 Å². The van der Waals surface area contributed by atoms with Crippen molar-refractivity contribution in [3.63, 3.8) is 0 Å². The molecule has 4 aromatic carbocycles. The van der Waals surface area contributed by atoms with Crippen molar-refractivity contribution in [2.75, 3.05) is 66.7 Å². The Morgan fingerprint density at radius 1 is 0.600 bits per heavy atom. The monoisotopic (exact) mass is 790 g/mol. The van der Waals surface area contributed by atoms with Gasteiger partial charge >= 0.3 is 0 Å². The maximum atomic E-state index is 6.54. The Labute approximate surface area is 324 Å². The molecule has 2 heterocycles. The molecule has 0 radical (unpaired) electrons. The Bertz CT molecular complexity index is 1600. The van der Waals surface area contributed by atoms with E-state index in [-0.39, 0.29) is 11.8 Å². The quantitative estimate of drug-likeness (QED) is 0.0914. The number of nitrogens with one attached hydrogen (secondary N) is 2. The zero-order chi connectivity index (χ0) is 35.0. The summed E-state index contributed by atoms with van der Waals surface area (Å²) in [7, 11) is 4.26. The lowest BCUT2D eigenvalue weighted by Gasteiger charge is -2.33. The smallest absolute Gasteiger partial charge is 0.0701 e. The number of hydrogen-bond acceptors (Lipinski definition) is 8. The van der Waals surface area contributed by atoms with Crippen LogP contribution in [0.5, 0.6) is 0 Å². The van der Waals surface area contributed by atoms with Crippen molar-refractivity contribution in [1.82, 2.24) is 19.2 Å². The zero-order valence-corrected chi connectivity index (χ0v) is 32.8. The molecule has 12 heteroatoms. The van der Waals surface area contributed by atoms with Crippen molar-refractivity contribution in [3.05, 3.63) is 126 Å². The summed E-state index contributed by atoms with van der Waals surface area (Å²) in [6.07, 6.45) is 0. The normalized spacial score (nSPS) is 17.9. The lowest BCUT2D eigenvalue weighted by molar-refractivity contribution is 0.0525. The summed E-state index contributed by atoms with van der Waals surface area (Å²) in [5, 5.41) is 2.86. The first-order valence-corrected chi connectivity index (χ1v) is 19.9. The molecule has 0 saturated heterocycles. The third-order valence-electron chi connectivity index (χ3n) is 9.00. The molecule has 0 spiro atoms.